The molecule has 7 heteroatoms. The molecule has 1 aliphatic heterocycles. The maximum Gasteiger partial charge on any atom is 0.244 e. The summed E-state index contributed by atoms with van der Waals surface area (Å²) >= 11 is 0. The minimum atomic E-state index is -3.62. The number of nitrogen functional groups attached to an aromatic ring is 1. The van der Waals surface area contributed by atoms with Crippen LogP contribution in [0.25, 0.3) is 0 Å². The molecule has 1 unspecified atom stereocenters. The zero-order valence-corrected chi connectivity index (χ0v) is 11.7. The predicted octanol–water partition coefficient (Wildman–Crippen LogP) is 0.757. The molecule has 3 N–H and O–H groups in total. The molecule has 1 saturated heterocycles. The van der Waals surface area contributed by atoms with Gasteiger partial charge in [0.15, 0.2) is 0 Å². The van der Waals surface area contributed by atoms with Gasteiger partial charge in [-0.05, 0) is 31.7 Å². The molecule has 0 aliphatic carbocycles. The number of ether oxygens (including phenoxy) is 1. The number of sulfonamides is 1. The normalized spacial score (nSPS) is 19.2. The molecule has 106 valence electrons. The smallest absolute Gasteiger partial charge is 0.244 e. The first-order valence-corrected chi connectivity index (χ1v) is 7.78. The summed E-state index contributed by atoms with van der Waals surface area (Å²) in [4.78, 5) is 3.85. The molecule has 0 spiro atoms. The highest BCUT2D eigenvalue weighted by Crippen LogP contribution is 2.22. The van der Waals surface area contributed by atoms with E-state index in [-0.39, 0.29) is 16.6 Å². The van der Waals surface area contributed by atoms with Crippen LogP contribution < -0.4 is 10.5 Å². The van der Waals surface area contributed by atoms with Crippen molar-refractivity contribution in [1.29, 1.82) is 0 Å². The first kappa shape index (κ1) is 14.2. The quantitative estimate of drug-likeness (QED) is 0.851. The maximum atomic E-state index is 12.2. The average molecular weight is 285 g/mol. The highest BCUT2D eigenvalue weighted by atomic mass is 32.2. The molecular weight excluding hydrogens is 266 g/mol. The molecule has 1 fully saturated rings. The first-order valence-electron chi connectivity index (χ1n) is 6.30. The van der Waals surface area contributed by atoms with Crippen LogP contribution in [0.3, 0.4) is 0 Å². The van der Waals surface area contributed by atoms with E-state index in [1.54, 1.807) is 0 Å². The standard InChI is InChI=1S/C12H19N3O3S/c1-9(10-3-6-18-7-4-10)15-19(16,17)12-8-14-5-2-11(12)13/h2,5,8-10,15H,3-4,6-7H2,1H3,(H2,13,14). The third kappa shape index (κ3) is 3.43. The van der Waals surface area contributed by atoms with Crippen molar-refractivity contribution in [1.82, 2.24) is 9.71 Å². The van der Waals surface area contributed by atoms with Gasteiger partial charge >= 0.3 is 0 Å². The second kappa shape index (κ2) is 5.85. The van der Waals surface area contributed by atoms with Gasteiger partial charge in [0.05, 0.1) is 5.69 Å². The van der Waals surface area contributed by atoms with E-state index in [1.165, 1.54) is 18.5 Å². The number of nitrogens with one attached hydrogen (secondary N) is 1. The number of hydrogen-bond acceptors (Lipinski definition) is 5. The van der Waals surface area contributed by atoms with Crippen LogP contribution in [0, 0.1) is 5.92 Å². The van der Waals surface area contributed by atoms with Crippen molar-refractivity contribution < 1.29 is 13.2 Å². The molecule has 1 aliphatic rings. The maximum absolute atomic E-state index is 12.2. The second-order valence-electron chi connectivity index (χ2n) is 4.77. The number of anilines is 1. The molecular formula is C12H19N3O3S. The van der Waals surface area contributed by atoms with E-state index in [0.29, 0.717) is 19.1 Å². The molecule has 19 heavy (non-hydrogen) atoms. The third-order valence-corrected chi connectivity index (χ3v) is 5.02. The first-order chi connectivity index (χ1) is 9.00. The molecule has 1 aromatic rings. The molecule has 1 aromatic heterocycles. The highest BCUT2D eigenvalue weighted by molar-refractivity contribution is 7.89. The van der Waals surface area contributed by atoms with Crippen LogP contribution in [0.5, 0.6) is 0 Å². The van der Waals surface area contributed by atoms with Crippen LogP contribution in [-0.2, 0) is 14.8 Å². The lowest BCUT2D eigenvalue weighted by Crippen LogP contribution is -2.40. The number of pyridine rings is 1. The van der Waals surface area contributed by atoms with Crippen LogP contribution >= 0.6 is 0 Å². The van der Waals surface area contributed by atoms with Crippen LogP contribution in [0.4, 0.5) is 5.69 Å². The Balaban J connectivity index is 2.11. The predicted molar refractivity (Wildman–Crippen MR) is 72.0 cm³/mol. The van der Waals surface area contributed by atoms with E-state index in [1.807, 2.05) is 6.92 Å². The number of nitrogens with two attached hydrogens (primary N) is 1. The summed E-state index contributed by atoms with van der Waals surface area (Å²) in [5.41, 5.74) is 5.89. The summed E-state index contributed by atoms with van der Waals surface area (Å²) in [7, 11) is -3.62. The van der Waals surface area contributed by atoms with Gasteiger partial charge in [0.25, 0.3) is 0 Å². The fraction of sp³-hybridized carbons (Fsp3) is 0.583. The van der Waals surface area contributed by atoms with Crippen LogP contribution in [0.15, 0.2) is 23.4 Å². The van der Waals surface area contributed by atoms with Gasteiger partial charge < -0.3 is 10.5 Å². The number of rotatable bonds is 4. The van der Waals surface area contributed by atoms with E-state index >= 15 is 0 Å². The van der Waals surface area contributed by atoms with E-state index < -0.39 is 10.0 Å². The number of hydrogen-bond donors (Lipinski definition) is 2. The van der Waals surface area contributed by atoms with Gasteiger partial charge in [0, 0.05) is 31.6 Å². The average Bonchev–Trinajstić information content (AvgIpc) is 2.39. The molecule has 1 atom stereocenters. The van der Waals surface area contributed by atoms with E-state index in [0.717, 1.165) is 12.8 Å². The Kier molecular flexibility index (Phi) is 4.38. The highest BCUT2D eigenvalue weighted by Gasteiger charge is 2.26. The van der Waals surface area contributed by atoms with Crippen molar-refractivity contribution in [2.45, 2.75) is 30.7 Å². The molecule has 0 bridgehead atoms. The van der Waals surface area contributed by atoms with Crippen molar-refractivity contribution in [3.63, 3.8) is 0 Å². The minimum Gasteiger partial charge on any atom is -0.398 e. The summed E-state index contributed by atoms with van der Waals surface area (Å²) < 4.78 is 32.4. The van der Waals surface area contributed by atoms with Gasteiger partial charge in [0.2, 0.25) is 10.0 Å². The van der Waals surface area contributed by atoms with Crippen LogP contribution in [0.1, 0.15) is 19.8 Å². The summed E-state index contributed by atoms with van der Waals surface area (Å²) in [5, 5.41) is 0. The minimum absolute atomic E-state index is 0.0360. The van der Waals surface area contributed by atoms with E-state index in [2.05, 4.69) is 9.71 Å². The van der Waals surface area contributed by atoms with E-state index in [9.17, 15) is 8.42 Å². The summed E-state index contributed by atoms with van der Waals surface area (Å²) in [6, 6.07) is 1.33. The van der Waals surface area contributed by atoms with Gasteiger partial charge in [0.1, 0.15) is 4.90 Å². The fourth-order valence-electron chi connectivity index (χ4n) is 2.24. The SMILES string of the molecule is CC(NS(=O)(=O)c1cnccc1N)C1CCOCC1. The Labute approximate surface area is 113 Å². The lowest BCUT2D eigenvalue weighted by Gasteiger charge is -2.28. The number of nitrogens with zero attached hydrogens (tertiary/aromatic N) is 1. The molecule has 2 rings (SSSR count). The van der Waals surface area contributed by atoms with Gasteiger partial charge in [-0.15, -0.1) is 0 Å². The lowest BCUT2D eigenvalue weighted by molar-refractivity contribution is 0.0585. The van der Waals surface area contributed by atoms with Gasteiger partial charge in [-0.3, -0.25) is 4.98 Å². The molecule has 0 aromatic carbocycles. The molecule has 6 nitrogen and oxygen atoms in total. The third-order valence-electron chi connectivity index (χ3n) is 3.42. The van der Waals surface area contributed by atoms with Crippen LogP contribution in [0.2, 0.25) is 0 Å². The lowest BCUT2D eigenvalue weighted by atomic mass is 9.94. The summed E-state index contributed by atoms with van der Waals surface area (Å²) in [5.74, 6) is 0.293. The molecule has 2 heterocycles. The fourth-order valence-corrected chi connectivity index (χ4v) is 3.62. The summed E-state index contributed by atoms with van der Waals surface area (Å²) in [6.45, 7) is 3.25. The number of aromatic nitrogens is 1. The van der Waals surface area contributed by atoms with Crippen molar-refractivity contribution in [2.75, 3.05) is 18.9 Å². The van der Waals surface area contributed by atoms with Gasteiger partial charge in [-0.2, -0.15) is 0 Å². The van der Waals surface area contributed by atoms with Crippen LogP contribution in [-0.4, -0.2) is 32.7 Å². The Morgan fingerprint density at radius 2 is 2.16 bits per heavy atom. The van der Waals surface area contributed by atoms with E-state index in [4.69, 9.17) is 10.5 Å². The Morgan fingerprint density at radius 3 is 2.79 bits per heavy atom. The van der Waals surface area contributed by atoms with Crippen molar-refractivity contribution in [2.24, 2.45) is 5.92 Å². The largest absolute Gasteiger partial charge is 0.398 e. The van der Waals surface area contributed by atoms with Gasteiger partial charge in [-0.1, -0.05) is 0 Å². The Bertz CT molecular complexity index is 527. The summed E-state index contributed by atoms with van der Waals surface area (Å²) in [6.07, 6.45) is 4.48. The Morgan fingerprint density at radius 1 is 1.47 bits per heavy atom. The van der Waals surface area contributed by atoms with Crippen molar-refractivity contribution >= 4 is 15.7 Å². The molecule has 0 radical (unpaired) electrons. The topological polar surface area (TPSA) is 94.3 Å². The monoisotopic (exact) mass is 285 g/mol. The Hall–Kier alpha value is -1.18. The second-order valence-corrected chi connectivity index (χ2v) is 6.46. The molecule has 0 saturated carbocycles. The van der Waals surface area contributed by atoms with Crippen molar-refractivity contribution in [3.8, 4) is 0 Å². The van der Waals surface area contributed by atoms with Gasteiger partial charge in [-0.25, -0.2) is 13.1 Å². The van der Waals surface area contributed by atoms with Crippen molar-refractivity contribution in [3.05, 3.63) is 18.5 Å². The zero-order chi connectivity index (χ0) is 13.9. The molecule has 0 amide bonds. The zero-order valence-electron chi connectivity index (χ0n) is 10.9.